The van der Waals surface area contributed by atoms with Gasteiger partial charge in [-0.15, -0.1) is 11.3 Å². The molecule has 0 spiro atoms. The van der Waals surface area contributed by atoms with E-state index in [2.05, 4.69) is 23.7 Å². The van der Waals surface area contributed by atoms with Crippen molar-refractivity contribution in [2.75, 3.05) is 0 Å². The van der Waals surface area contributed by atoms with Crippen LogP contribution in [0.4, 0.5) is 0 Å². The second-order valence-electron chi connectivity index (χ2n) is 5.64. The third-order valence-corrected chi connectivity index (χ3v) is 5.23. The van der Waals surface area contributed by atoms with Gasteiger partial charge in [0.1, 0.15) is 10.8 Å². The summed E-state index contributed by atoms with van der Waals surface area (Å²) in [7, 11) is 0. The average molecular weight is 250 g/mol. The van der Waals surface area contributed by atoms with Gasteiger partial charge >= 0.3 is 0 Å². The number of Topliss-reactive ketones (excluding diaryl/α,β-unsaturated/α-hetero) is 1. The van der Waals surface area contributed by atoms with Gasteiger partial charge in [0.15, 0.2) is 0 Å². The second-order valence-corrected chi connectivity index (χ2v) is 6.53. The van der Waals surface area contributed by atoms with Gasteiger partial charge in [-0.05, 0) is 26.7 Å². The summed E-state index contributed by atoms with van der Waals surface area (Å²) in [6, 6.07) is 0.889. The Morgan fingerprint density at radius 1 is 1.35 bits per heavy atom. The zero-order valence-corrected chi connectivity index (χ0v) is 11.2. The van der Waals surface area contributed by atoms with E-state index in [4.69, 9.17) is 0 Å². The van der Waals surface area contributed by atoms with Crippen molar-refractivity contribution >= 4 is 17.1 Å². The Kier molecular flexibility index (Phi) is 2.60. The Bertz CT molecular complexity index is 411. The van der Waals surface area contributed by atoms with Crippen molar-refractivity contribution < 1.29 is 4.79 Å². The highest BCUT2D eigenvalue weighted by Gasteiger charge is 2.48. The molecule has 2 aliphatic rings. The molecule has 0 N–H and O–H groups in total. The molecule has 0 saturated carbocycles. The number of ketones is 1. The van der Waals surface area contributed by atoms with E-state index in [9.17, 15) is 4.79 Å². The first-order chi connectivity index (χ1) is 8.09. The van der Waals surface area contributed by atoms with Crippen molar-refractivity contribution in [2.45, 2.75) is 57.2 Å². The predicted molar refractivity (Wildman–Crippen MR) is 68.0 cm³/mol. The maximum Gasteiger partial charge on any atom is 0.136 e. The summed E-state index contributed by atoms with van der Waals surface area (Å²) in [6.45, 7) is 4.49. The Balaban J connectivity index is 1.92. The Labute approximate surface area is 106 Å². The molecule has 92 valence electrons. The molecule has 3 rings (SSSR count). The van der Waals surface area contributed by atoms with Gasteiger partial charge in [0.05, 0.1) is 5.54 Å². The molecule has 2 unspecified atom stereocenters. The molecule has 2 aliphatic heterocycles. The smallest absolute Gasteiger partial charge is 0.136 e. The van der Waals surface area contributed by atoms with E-state index in [-0.39, 0.29) is 5.54 Å². The molecule has 2 bridgehead atoms. The third-order valence-electron chi connectivity index (χ3n) is 4.15. The number of aromatic nitrogens is 1. The average Bonchev–Trinajstić information content (AvgIpc) is 2.86. The lowest BCUT2D eigenvalue weighted by Crippen LogP contribution is -2.52. The molecular formula is C13H18N2OS. The Hall–Kier alpha value is -0.740. The topological polar surface area (TPSA) is 33.2 Å². The lowest BCUT2D eigenvalue weighted by Gasteiger charge is -2.44. The minimum absolute atomic E-state index is 0.0271. The van der Waals surface area contributed by atoms with Crippen molar-refractivity contribution in [3.63, 3.8) is 0 Å². The minimum atomic E-state index is -0.0271. The van der Waals surface area contributed by atoms with Crippen molar-refractivity contribution in [3.05, 3.63) is 16.6 Å². The first-order valence-electron chi connectivity index (χ1n) is 6.29. The summed E-state index contributed by atoms with van der Waals surface area (Å²) in [6.07, 6.45) is 5.70. The van der Waals surface area contributed by atoms with Crippen LogP contribution in [0.5, 0.6) is 0 Å². The van der Waals surface area contributed by atoms with E-state index in [0.717, 1.165) is 12.8 Å². The molecule has 17 heavy (non-hydrogen) atoms. The zero-order chi connectivity index (χ0) is 12.0. The van der Waals surface area contributed by atoms with Gasteiger partial charge in [-0.25, -0.2) is 4.98 Å². The fourth-order valence-corrected chi connectivity index (χ4v) is 4.29. The normalized spacial score (nSPS) is 29.9. The second kappa shape index (κ2) is 3.89. The van der Waals surface area contributed by atoms with Crippen molar-refractivity contribution in [3.8, 4) is 0 Å². The number of carbonyl (C=O) groups is 1. The molecule has 1 aromatic heterocycles. The van der Waals surface area contributed by atoms with Gasteiger partial charge in [0.25, 0.3) is 0 Å². The molecule has 0 amide bonds. The van der Waals surface area contributed by atoms with E-state index in [1.807, 2.05) is 11.6 Å². The fourth-order valence-electron chi connectivity index (χ4n) is 3.52. The molecule has 2 fully saturated rings. The highest BCUT2D eigenvalue weighted by atomic mass is 32.1. The van der Waals surface area contributed by atoms with Crippen molar-refractivity contribution in [1.29, 1.82) is 0 Å². The van der Waals surface area contributed by atoms with Gasteiger partial charge in [0, 0.05) is 36.5 Å². The molecule has 3 heterocycles. The summed E-state index contributed by atoms with van der Waals surface area (Å²) in [5.74, 6) is 0.448. The SMILES string of the molecule is CC(C)(c1nccs1)N1C2CCC1CC(=O)C2. The number of carbonyl (C=O) groups excluding carboxylic acids is 1. The number of thiazole rings is 1. The standard InChI is InChI=1S/C13H18N2OS/c1-13(2,12-14-5-6-17-12)15-9-3-4-10(15)8-11(16)7-9/h5-6,9-10H,3-4,7-8H2,1-2H3. The van der Waals surface area contributed by atoms with Gasteiger partial charge in [-0.2, -0.15) is 0 Å². The number of piperidine rings is 1. The highest BCUT2D eigenvalue weighted by Crippen LogP contribution is 2.43. The van der Waals surface area contributed by atoms with E-state index in [1.54, 1.807) is 11.3 Å². The van der Waals surface area contributed by atoms with Gasteiger partial charge in [-0.3, -0.25) is 9.69 Å². The van der Waals surface area contributed by atoms with Crippen LogP contribution in [0.25, 0.3) is 0 Å². The maximum atomic E-state index is 11.6. The van der Waals surface area contributed by atoms with E-state index in [0.29, 0.717) is 17.9 Å². The van der Waals surface area contributed by atoms with E-state index >= 15 is 0 Å². The van der Waals surface area contributed by atoms with Crippen LogP contribution in [-0.4, -0.2) is 27.8 Å². The van der Waals surface area contributed by atoms with Crippen LogP contribution in [-0.2, 0) is 10.3 Å². The molecule has 2 atom stereocenters. The quantitative estimate of drug-likeness (QED) is 0.809. The van der Waals surface area contributed by atoms with Gasteiger partial charge in [0.2, 0.25) is 0 Å². The van der Waals surface area contributed by atoms with Crippen molar-refractivity contribution in [2.24, 2.45) is 0 Å². The van der Waals surface area contributed by atoms with E-state index in [1.165, 1.54) is 17.8 Å². The molecule has 4 heteroatoms. The number of nitrogens with zero attached hydrogens (tertiary/aromatic N) is 2. The third kappa shape index (κ3) is 1.74. The largest absolute Gasteiger partial charge is 0.300 e. The summed E-state index contributed by atoms with van der Waals surface area (Å²) in [5.41, 5.74) is -0.0271. The van der Waals surface area contributed by atoms with Crippen LogP contribution < -0.4 is 0 Å². The number of fused-ring (bicyclic) bond motifs is 2. The predicted octanol–water partition coefficient (Wildman–Crippen LogP) is 2.57. The van der Waals surface area contributed by atoms with Crippen LogP contribution in [0.3, 0.4) is 0 Å². The zero-order valence-electron chi connectivity index (χ0n) is 10.3. The first kappa shape index (κ1) is 11.4. The van der Waals surface area contributed by atoms with Crippen LogP contribution >= 0.6 is 11.3 Å². The van der Waals surface area contributed by atoms with Crippen LogP contribution in [0.15, 0.2) is 11.6 Å². The number of hydrogen-bond acceptors (Lipinski definition) is 4. The summed E-state index contributed by atoms with van der Waals surface area (Å²) >= 11 is 1.72. The summed E-state index contributed by atoms with van der Waals surface area (Å²) < 4.78 is 0. The Morgan fingerprint density at radius 3 is 2.53 bits per heavy atom. The molecule has 2 saturated heterocycles. The van der Waals surface area contributed by atoms with Gasteiger partial charge in [-0.1, -0.05) is 0 Å². The Morgan fingerprint density at radius 2 is 2.00 bits per heavy atom. The molecule has 0 radical (unpaired) electrons. The monoisotopic (exact) mass is 250 g/mol. The molecule has 0 aliphatic carbocycles. The van der Waals surface area contributed by atoms with Crippen LogP contribution in [0.2, 0.25) is 0 Å². The van der Waals surface area contributed by atoms with E-state index < -0.39 is 0 Å². The summed E-state index contributed by atoms with van der Waals surface area (Å²) in [5, 5.41) is 3.21. The molecule has 1 aromatic rings. The molecular weight excluding hydrogens is 232 g/mol. The molecule has 3 nitrogen and oxygen atoms in total. The number of hydrogen-bond donors (Lipinski definition) is 0. The minimum Gasteiger partial charge on any atom is -0.300 e. The van der Waals surface area contributed by atoms with Gasteiger partial charge < -0.3 is 0 Å². The lowest BCUT2D eigenvalue weighted by molar-refractivity contribution is -0.125. The van der Waals surface area contributed by atoms with Crippen LogP contribution in [0.1, 0.15) is 44.5 Å². The summed E-state index contributed by atoms with van der Waals surface area (Å²) in [4.78, 5) is 18.7. The van der Waals surface area contributed by atoms with Crippen molar-refractivity contribution in [1.82, 2.24) is 9.88 Å². The first-order valence-corrected chi connectivity index (χ1v) is 7.17. The lowest BCUT2D eigenvalue weighted by atomic mass is 9.93. The highest BCUT2D eigenvalue weighted by molar-refractivity contribution is 7.09. The maximum absolute atomic E-state index is 11.6. The fraction of sp³-hybridized carbons (Fsp3) is 0.692. The van der Waals surface area contributed by atoms with Crippen LogP contribution in [0, 0.1) is 0 Å². The number of rotatable bonds is 2. The molecule has 0 aromatic carbocycles.